The molecule has 0 unspecified atom stereocenters. The summed E-state index contributed by atoms with van der Waals surface area (Å²) in [5.74, 6) is 0.750. The maximum absolute atomic E-state index is 6.58. The minimum atomic E-state index is -3.65. The van der Waals surface area contributed by atoms with Crippen molar-refractivity contribution in [1.82, 2.24) is 14.5 Å². The van der Waals surface area contributed by atoms with Crippen molar-refractivity contribution in [2.24, 2.45) is 0 Å². The number of benzene rings is 8. The summed E-state index contributed by atoms with van der Waals surface area (Å²) >= 11 is -3.65. The van der Waals surface area contributed by atoms with Crippen LogP contribution in [-0.2, 0) is 0 Å². The van der Waals surface area contributed by atoms with Gasteiger partial charge in [-0.1, -0.05) is 18.2 Å². The van der Waals surface area contributed by atoms with E-state index < -0.39 is 13.3 Å². The van der Waals surface area contributed by atoms with Crippen molar-refractivity contribution in [2.75, 3.05) is 0 Å². The second-order valence-corrected chi connectivity index (χ2v) is 22.5. The molecule has 11 aromatic rings. The number of fused-ring (bicyclic) bond motifs is 10. The summed E-state index contributed by atoms with van der Waals surface area (Å²) in [6.45, 7) is 0. The zero-order valence-corrected chi connectivity index (χ0v) is 32.9. The van der Waals surface area contributed by atoms with Crippen molar-refractivity contribution in [3.8, 4) is 39.5 Å². The molecule has 12 rings (SSSR count). The quantitative estimate of drug-likeness (QED) is 0.163. The fourth-order valence-electron chi connectivity index (χ4n) is 9.48. The first-order chi connectivity index (χ1) is 28.3. The van der Waals surface area contributed by atoms with Crippen LogP contribution in [0.5, 0.6) is 0 Å². The molecule has 57 heavy (non-hydrogen) atoms. The normalized spacial score (nSPS) is 13.1. The van der Waals surface area contributed by atoms with Gasteiger partial charge in [-0.05, 0) is 6.07 Å². The molecule has 266 valence electrons. The molecule has 1 aliphatic heterocycles. The third-order valence-corrected chi connectivity index (χ3v) is 21.8. The van der Waals surface area contributed by atoms with Gasteiger partial charge in [-0.15, -0.1) is 0 Å². The molecule has 0 N–H and O–H groups in total. The Balaban J connectivity index is 1.11. The molecule has 0 saturated carbocycles. The maximum atomic E-state index is 6.58. The van der Waals surface area contributed by atoms with Gasteiger partial charge in [0.05, 0.1) is 0 Å². The van der Waals surface area contributed by atoms with Gasteiger partial charge in [0.25, 0.3) is 0 Å². The van der Waals surface area contributed by atoms with Gasteiger partial charge in [0.2, 0.25) is 0 Å². The Morgan fingerprint density at radius 3 is 1.84 bits per heavy atom. The Bertz CT molecular complexity index is 3300. The Labute approximate surface area is 331 Å². The number of rotatable bonds is 5. The second kappa shape index (κ2) is 12.5. The van der Waals surface area contributed by atoms with E-state index in [1.54, 1.807) is 0 Å². The standard InChI is InChI=1S/C52H33GeN3O/c1-4-16-35(17-5-1)52-54-49(48-41-23-10-13-25-43(41)53(51(48)55-52,36-18-6-2-7-19-36)37-20-8-3-9-21-37)34-28-30-38(31-29-34)56-44-26-14-11-24-42(44)47-45(56)33-32-40-39-22-12-15-27-46(39)57-50(40)47/h1-33H. The number of para-hydroxylation sites is 2. The van der Waals surface area contributed by atoms with E-state index in [2.05, 4.69) is 199 Å². The van der Waals surface area contributed by atoms with E-state index in [0.29, 0.717) is 0 Å². The summed E-state index contributed by atoms with van der Waals surface area (Å²) in [4.78, 5) is 11.1. The van der Waals surface area contributed by atoms with E-state index in [9.17, 15) is 0 Å². The molecule has 3 aromatic heterocycles. The van der Waals surface area contributed by atoms with Gasteiger partial charge in [0, 0.05) is 5.39 Å². The monoisotopic (exact) mass is 789 g/mol. The number of aromatic nitrogens is 3. The number of hydrogen-bond acceptors (Lipinski definition) is 3. The van der Waals surface area contributed by atoms with Crippen LogP contribution in [0.3, 0.4) is 0 Å². The molecule has 0 saturated heterocycles. The number of nitrogens with zero attached hydrogens (tertiary/aromatic N) is 3. The Hall–Kier alpha value is -7.02. The van der Waals surface area contributed by atoms with Gasteiger partial charge < -0.3 is 0 Å². The molecule has 0 aliphatic carbocycles. The number of furan rings is 1. The molecule has 8 aromatic carbocycles. The third kappa shape index (κ3) is 4.62. The van der Waals surface area contributed by atoms with E-state index in [0.717, 1.165) is 72.3 Å². The molecular formula is C52H33GeN3O. The van der Waals surface area contributed by atoms with Crippen LogP contribution in [0.15, 0.2) is 205 Å². The van der Waals surface area contributed by atoms with E-state index in [1.807, 2.05) is 6.07 Å². The van der Waals surface area contributed by atoms with Crippen LogP contribution in [0, 0.1) is 0 Å². The van der Waals surface area contributed by atoms with Crippen LogP contribution in [0.4, 0.5) is 0 Å². The van der Waals surface area contributed by atoms with Crippen LogP contribution in [0.25, 0.3) is 83.2 Å². The molecular weight excluding hydrogens is 755 g/mol. The first-order valence-electron chi connectivity index (χ1n) is 19.4. The van der Waals surface area contributed by atoms with Crippen molar-refractivity contribution in [2.45, 2.75) is 0 Å². The predicted octanol–water partition coefficient (Wildman–Crippen LogP) is 10.2. The average molecular weight is 788 g/mol. The fraction of sp³-hybridized carbons (Fsp3) is 0. The van der Waals surface area contributed by atoms with Gasteiger partial charge in [-0.3, -0.25) is 0 Å². The summed E-state index contributed by atoms with van der Waals surface area (Å²) in [5.41, 5.74) is 10.6. The molecule has 4 nitrogen and oxygen atoms in total. The Morgan fingerprint density at radius 1 is 0.456 bits per heavy atom. The summed E-state index contributed by atoms with van der Waals surface area (Å²) < 4.78 is 14.2. The topological polar surface area (TPSA) is 43.9 Å². The van der Waals surface area contributed by atoms with E-state index in [4.69, 9.17) is 14.4 Å². The van der Waals surface area contributed by atoms with Crippen molar-refractivity contribution in [1.29, 1.82) is 0 Å². The number of hydrogen-bond donors (Lipinski definition) is 0. The van der Waals surface area contributed by atoms with E-state index >= 15 is 0 Å². The van der Waals surface area contributed by atoms with E-state index in [-0.39, 0.29) is 0 Å². The fourth-order valence-corrected chi connectivity index (χ4v) is 20.0. The van der Waals surface area contributed by atoms with Crippen molar-refractivity contribution in [3.63, 3.8) is 0 Å². The van der Waals surface area contributed by atoms with Crippen LogP contribution >= 0.6 is 0 Å². The molecule has 1 aliphatic rings. The third-order valence-electron chi connectivity index (χ3n) is 11.9. The Kier molecular flexibility index (Phi) is 7.07. The van der Waals surface area contributed by atoms with Crippen LogP contribution in [0.2, 0.25) is 0 Å². The predicted molar refractivity (Wildman–Crippen MR) is 237 cm³/mol. The van der Waals surface area contributed by atoms with Gasteiger partial charge in [0.1, 0.15) is 5.58 Å². The van der Waals surface area contributed by atoms with E-state index in [1.165, 1.54) is 28.7 Å². The summed E-state index contributed by atoms with van der Waals surface area (Å²) in [6.07, 6.45) is 0. The minimum absolute atomic E-state index is 0.750. The van der Waals surface area contributed by atoms with Gasteiger partial charge in [-0.25, -0.2) is 0 Å². The van der Waals surface area contributed by atoms with Crippen LogP contribution in [-0.4, -0.2) is 27.8 Å². The Morgan fingerprint density at radius 2 is 1.09 bits per heavy atom. The SMILES string of the molecule is c1ccc(-c2nc(-c3ccc(-n4c5ccccc5c5c6oc7ccccc7c6ccc54)cc3)c3[c](n2)[Ge]([c]2ccccc2)([c]2ccccc2)[c]2ccccc2-3)cc1. The first kappa shape index (κ1) is 32.2. The van der Waals surface area contributed by atoms with Gasteiger partial charge in [0.15, 0.2) is 0 Å². The molecule has 0 amide bonds. The molecule has 0 atom stereocenters. The first-order valence-corrected chi connectivity index (χ1v) is 23.6. The molecule has 0 spiro atoms. The zero-order valence-electron chi connectivity index (χ0n) is 30.8. The molecule has 0 fully saturated rings. The summed E-state index contributed by atoms with van der Waals surface area (Å²) in [6, 6.07) is 72.0. The van der Waals surface area contributed by atoms with Crippen molar-refractivity contribution < 1.29 is 4.42 Å². The average Bonchev–Trinajstić information content (AvgIpc) is 3.94. The van der Waals surface area contributed by atoms with Crippen molar-refractivity contribution >= 4 is 74.7 Å². The molecule has 4 heterocycles. The summed E-state index contributed by atoms with van der Waals surface area (Å²) in [7, 11) is 0. The second-order valence-electron chi connectivity index (χ2n) is 14.8. The van der Waals surface area contributed by atoms with Crippen molar-refractivity contribution in [3.05, 3.63) is 200 Å². The van der Waals surface area contributed by atoms with Gasteiger partial charge in [-0.2, -0.15) is 0 Å². The zero-order chi connectivity index (χ0) is 37.5. The molecule has 0 bridgehead atoms. The van der Waals surface area contributed by atoms with Gasteiger partial charge >= 0.3 is 298 Å². The van der Waals surface area contributed by atoms with Crippen LogP contribution < -0.4 is 17.7 Å². The molecule has 5 heteroatoms. The molecule has 0 radical (unpaired) electrons. The summed E-state index contributed by atoms with van der Waals surface area (Å²) in [5, 5.41) is 4.57. The van der Waals surface area contributed by atoms with Crippen LogP contribution in [0.1, 0.15) is 0 Å².